The lowest BCUT2D eigenvalue weighted by Gasteiger charge is -2.36. The number of methoxy groups -OCH3 is 1. The number of piperazine rings is 1. The molecular formula is C20H22N4O2. The first-order valence-electron chi connectivity index (χ1n) is 8.81. The van der Waals surface area contributed by atoms with Crippen molar-refractivity contribution in [3.63, 3.8) is 0 Å². The molecule has 26 heavy (non-hydrogen) atoms. The SMILES string of the molecule is COc1ccc(N2CCN(C(=O)Cn3cnc4ccccc43)CC2)cc1. The molecule has 6 nitrogen and oxygen atoms in total. The first kappa shape index (κ1) is 16.4. The van der Waals surface area contributed by atoms with Gasteiger partial charge in [-0.2, -0.15) is 0 Å². The average molecular weight is 350 g/mol. The third-order valence-electron chi connectivity index (χ3n) is 4.90. The van der Waals surface area contributed by atoms with Gasteiger partial charge in [0.15, 0.2) is 0 Å². The van der Waals surface area contributed by atoms with Crippen LogP contribution in [0.3, 0.4) is 0 Å². The molecule has 0 unspecified atom stereocenters. The van der Waals surface area contributed by atoms with Crippen molar-refractivity contribution in [2.45, 2.75) is 6.54 Å². The lowest BCUT2D eigenvalue weighted by atomic mass is 10.2. The summed E-state index contributed by atoms with van der Waals surface area (Å²) >= 11 is 0. The van der Waals surface area contributed by atoms with Gasteiger partial charge in [-0.25, -0.2) is 4.98 Å². The van der Waals surface area contributed by atoms with Crippen LogP contribution in [0.4, 0.5) is 5.69 Å². The number of aromatic nitrogens is 2. The number of para-hydroxylation sites is 2. The van der Waals surface area contributed by atoms with E-state index in [1.807, 2.05) is 45.9 Å². The number of carbonyl (C=O) groups is 1. The predicted octanol–water partition coefficient (Wildman–Crippen LogP) is 2.39. The number of nitrogens with zero attached hydrogens (tertiary/aromatic N) is 4. The van der Waals surface area contributed by atoms with E-state index in [1.54, 1.807) is 13.4 Å². The molecule has 0 saturated carbocycles. The van der Waals surface area contributed by atoms with Crippen LogP contribution in [0.5, 0.6) is 5.75 Å². The maximum Gasteiger partial charge on any atom is 0.242 e. The highest BCUT2D eigenvalue weighted by Gasteiger charge is 2.21. The van der Waals surface area contributed by atoms with Gasteiger partial charge in [-0.1, -0.05) is 12.1 Å². The number of imidazole rings is 1. The van der Waals surface area contributed by atoms with Gasteiger partial charge in [-0.05, 0) is 36.4 Å². The standard InChI is InChI=1S/C20H22N4O2/c1-26-17-8-6-16(7-9-17)22-10-12-23(13-11-22)20(25)14-24-15-21-18-4-2-3-5-19(18)24/h2-9,15H,10-14H2,1H3. The minimum absolute atomic E-state index is 0.141. The van der Waals surface area contributed by atoms with E-state index in [0.29, 0.717) is 6.54 Å². The molecule has 3 aromatic rings. The molecule has 1 fully saturated rings. The predicted molar refractivity (Wildman–Crippen MR) is 102 cm³/mol. The van der Waals surface area contributed by atoms with Gasteiger partial charge in [0.05, 0.1) is 24.5 Å². The van der Waals surface area contributed by atoms with Crippen LogP contribution in [0.25, 0.3) is 11.0 Å². The summed E-state index contributed by atoms with van der Waals surface area (Å²) in [5.74, 6) is 0.998. The molecule has 1 aromatic heterocycles. The van der Waals surface area contributed by atoms with Crippen LogP contribution >= 0.6 is 0 Å². The summed E-state index contributed by atoms with van der Waals surface area (Å²) in [6.07, 6.45) is 1.75. The zero-order chi connectivity index (χ0) is 17.9. The molecule has 2 aromatic carbocycles. The number of rotatable bonds is 4. The normalized spacial score (nSPS) is 14.7. The minimum atomic E-state index is 0.141. The number of hydrogen-bond donors (Lipinski definition) is 0. The molecule has 0 radical (unpaired) electrons. The van der Waals surface area contributed by atoms with Crippen LogP contribution < -0.4 is 9.64 Å². The Labute approximate surface area is 152 Å². The van der Waals surface area contributed by atoms with Gasteiger partial charge < -0.3 is 19.1 Å². The highest BCUT2D eigenvalue weighted by atomic mass is 16.5. The van der Waals surface area contributed by atoms with Crippen LogP contribution in [0.1, 0.15) is 0 Å². The molecular weight excluding hydrogens is 328 g/mol. The Kier molecular flexibility index (Phi) is 4.48. The molecule has 0 N–H and O–H groups in total. The molecule has 1 saturated heterocycles. The second-order valence-corrected chi connectivity index (χ2v) is 6.43. The summed E-state index contributed by atoms with van der Waals surface area (Å²) in [5.41, 5.74) is 3.08. The molecule has 1 aliphatic heterocycles. The molecule has 1 aliphatic rings. The van der Waals surface area contributed by atoms with Crippen molar-refractivity contribution in [1.82, 2.24) is 14.5 Å². The summed E-state index contributed by atoms with van der Waals surface area (Å²) in [6, 6.07) is 16.0. The molecule has 0 atom stereocenters. The van der Waals surface area contributed by atoms with Crippen molar-refractivity contribution in [1.29, 1.82) is 0 Å². The molecule has 2 heterocycles. The zero-order valence-corrected chi connectivity index (χ0v) is 14.8. The number of anilines is 1. The fraction of sp³-hybridized carbons (Fsp3) is 0.300. The number of carbonyl (C=O) groups excluding carboxylic acids is 1. The van der Waals surface area contributed by atoms with Crippen LogP contribution in [0.15, 0.2) is 54.9 Å². The van der Waals surface area contributed by atoms with Crippen molar-refractivity contribution >= 4 is 22.6 Å². The number of benzene rings is 2. The number of hydrogen-bond acceptors (Lipinski definition) is 4. The van der Waals surface area contributed by atoms with E-state index in [0.717, 1.165) is 43.0 Å². The molecule has 1 amide bonds. The summed E-state index contributed by atoms with van der Waals surface area (Å²) in [6.45, 7) is 3.48. The van der Waals surface area contributed by atoms with E-state index in [9.17, 15) is 4.79 Å². The van der Waals surface area contributed by atoms with E-state index >= 15 is 0 Å². The van der Waals surface area contributed by atoms with Crippen LogP contribution in [0, 0.1) is 0 Å². The van der Waals surface area contributed by atoms with Gasteiger partial charge in [0.25, 0.3) is 0 Å². The Morgan fingerprint density at radius 3 is 2.50 bits per heavy atom. The third kappa shape index (κ3) is 3.22. The first-order valence-corrected chi connectivity index (χ1v) is 8.81. The van der Waals surface area contributed by atoms with Gasteiger partial charge >= 0.3 is 0 Å². The van der Waals surface area contributed by atoms with Crippen molar-refractivity contribution in [3.05, 3.63) is 54.9 Å². The maximum absolute atomic E-state index is 12.7. The molecule has 0 spiro atoms. The lowest BCUT2D eigenvalue weighted by Crippen LogP contribution is -2.49. The van der Waals surface area contributed by atoms with Gasteiger partial charge in [-0.3, -0.25) is 4.79 Å². The quantitative estimate of drug-likeness (QED) is 0.725. The Bertz CT molecular complexity index is 896. The second-order valence-electron chi connectivity index (χ2n) is 6.43. The van der Waals surface area contributed by atoms with E-state index in [1.165, 1.54) is 5.69 Å². The topological polar surface area (TPSA) is 50.6 Å². The highest BCUT2D eigenvalue weighted by Crippen LogP contribution is 2.20. The van der Waals surface area contributed by atoms with E-state index in [-0.39, 0.29) is 5.91 Å². The summed E-state index contributed by atoms with van der Waals surface area (Å²) in [5, 5.41) is 0. The Morgan fingerprint density at radius 2 is 1.77 bits per heavy atom. The van der Waals surface area contributed by atoms with Crippen molar-refractivity contribution in [2.75, 3.05) is 38.2 Å². The average Bonchev–Trinajstić information content (AvgIpc) is 3.11. The zero-order valence-electron chi connectivity index (χ0n) is 14.8. The third-order valence-corrected chi connectivity index (χ3v) is 4.90. The van der Waals surface area contributed by atoms with E-state index in [2.05, 4.69) is 22.0 Å². The van der Waals surface area contributed by atoms with E-state index < -0.39 is 0 Å². The van der Waals surface area contributed by atoms with Crippen LogP contribution in [-0.2, 0) is 11.3 Å². The highest BCUT2D eigenvalue weighted by molar-refractivity contribution is 5.80. The summed E-state index contributed by atoms with van der Waals surface area (Å²) < 4.78 is 7.13. The Hall–Kier alpha value is -3.02. The summed E-state index contributed by atoms with van der Waals surface area (Å²) in [4.78, 5) is 21.3. The first-order chi connectivity index (χ1) is 12.7. The van der Waals surface area contributed by atoms with Crippen LogP contribution in [-0.4, -0.2) is 53.6 Å². The number of amides is 1. The number of ether oxygens (including phenoxy) is 1. The van der Waals surface area contributed by atoms with Gasteiger partial charge in [0, 0.05) is 31.9 Å². The Morgan fingerprint density at radius 1 is 1.04 bits per heavy atom. The monoisotopic (exact) mass is 350 g/mol. The Balaban J connectivity index is 1.37. The maximum atomic E-state index is 12.7. The fourth-order valence-corrected chi connectivity index (χ4v) is 3.39. The van der Waals surface area contributed by atoms with Gasteiger partial charge in [0.2, 0.25) is 5.91 Å². The molecule has 4 rings (SSSR count). The molecule has 0 bridgehead atoms. The van der Waals surface area contributed by atoms with E-state index in [4.69, 9.17) is 4.74 Å². The van der Waals surface area contributed by atoms with Crippen molar-refractivity contribution < 1.29 is 9.53 Å². The summed E-state index contributed by atoms with van der Waals surface area (Å²) in [7, 11) is 1.67. The molecule has 134 valence electrons. The van der Waals surface area contributed by atoms with Gasteiger partial charge in [0.1, 0.15) is 12.3 Å². The molecule has 6 heteroatoms. The lowest BCUT2D eigenvalue weighted by molar-refractivity contribution is -0.132. The van der Waals surface area contributed by atoms with Crippen molar-refractivity contribution in [2.24, 2.45) is 0 Å². The van der Waals surface area contributed by atoms with Crippen LogP contribution in [0.2, 0.25) is 0 Å². The second kappa shape index (κ2) is 7.07. The number of fused-ring (bicyclic) bond motifs is 1. The van der Waals surface area contributed by atoms with Gasteiger partial charge in [-0.15, -0.1) is 0 Å². The largest absolute Gasteiger partial charge is 0.497 e. The van der Waals surface area contributed by atoms with Crippen molar-refractivity contribution in [3.8, 4) is 5.75 Å². The smallest absolute Gasteiger partial charge is 0.242 e. The molecule has 0 aliphatic carbocycles. The minimum Gasteiger partial charge on any atom is -0.497 e. The fourth-order valence-electron chi connectivity index (χ4n) is 3.39.